The van der Waals surface area contributed by atoms with Crippen LogP contribution in [0.3, 0.4) is 0 Å². The van der Waals surface area contributed by atoms with Crippen molar-refractivity contribution in [3.63, 3.8) is 0 Å². The molecule has 1 aliphatic rings. The normalized spacial score (nSPS) is 18.0. The molecule has 1 saturated heterocycles. The molecule has 1 aliphatic heterocycles. The van der Waals surface area contributed by atoms with E-state index in [-0.39, 0.29) is 17.9 Å². The van der Waals surface area contributed by atoms with Gasteiger partial charge in [-0.25, -0.2) is 0 Å². The minimum atomic E-state index is -0.197. The Morgan fingerprint density at radius 1 is 1.35 bits per heavy atom. The lowest BCUT2D eigenvalue weighted by molar-refractivity contribution is -0.123. The first-order valence-electron chi connectivity index (χ1n) is 7.98. The molecule has 23 heavy (non-hydrogen) atoms. The van der Waals surface area contributed by atoms with Crippen molar-refractivity contribution in [1.82, 2.24) is 15.1 Å². The fourth-order valence-corrected chi connectivity index (χ4v) is 3.03. The molecule has 0 radical (unpaired) electrons. The number of rotatable bonds is 4. The van der Waals surface area contributed by atoms with Crippen LogP contribution in [0.4, 0.5) is 0 Å². The predicted molar refractivity (Wildman–Crippen MR) is 86.4 cm³/mol. The van der Waals surface area contributed by atoms with Gasteiger partial charge < -0.3 is 10.2 Å². The number of amides is 1. The van der Waals surface area contributed by atoms with Crippen molar-refractivity contribution in [2.45, 2.75) is 32.7 Å². The summed E-state index contributed by atoms with van der Waals surface area (Å²) in [6, 6.07) is 8.04. The second-order valence-electron chi connectivity index (χ2n) is 6.20. The standard InChI is InChI=1S/C17H22N4O2/c1-11-4-3-5-14(10-11)17-20-19-16(23-17)12(2)21-8-6-13(7-9-21)15(18)22/h3-5,10,12-13H,6-9H2,1-2H3,(H2,18,22)/t12-/m0/s1. The van der Waals surface area contributed by atoms with Crippen LogP contribution in [0.2, 0.25) is 0 Å². The van der Waals surface area contributed by atoms with E-state index in [4.69, 9.17) is 10.2 Å². The minimum Gasteiger partial charge on any atom is -0.419 e. The van der Waals surface area contributed by atoms with E-state index in [2.05, 4.69) is 22.0 Å². The van der Waals surface area contributed by atoms with E-state index >= 15 is 0 Å². The first-order chi connectivity index (χ1) is 11.0. The van der Waals surface area contributed by atoms with Crippen LogP contribution in [0, 0.1) is 12.8 Å². The van der Waals surface area contributed by atoms with Crippen LogP contribution in [-0.2, 0) is 4.79 Å². The number of primary amides is 1. The average molecular weight is 314 g/mol. The highest BCUT2D eigenvalue weighted by molar-refractivity contribution is 5.76. The van der Waals surface area contributed by atoms with Gasteiger partial charge in [-0.05, 0) is 51.9 Å². The zero-order chi connectivity index (χ0) is 16.4. The molecule has 1 aromatic heterocycles. The highest BCUT2D eigenvalue weighted by Gasteiger charge is 2.28. The second-order valence-corrected chi connectivity index (χ2v) is 6.20. The molecular formula is C17H22N4O2. The molecule has 1 atom stereocenters. The molecule has 1 aromatic carbocycles. The summed E-state index contributed by atoms with van der Waals surface area (Å²) in [6.07, 6.45) is 1.58. The quantitative estimate of drug-likeness (QED) is 0.936. The highest BCUT2D eigenvalue weighted by Crippen LogP contribution is 2.28. The molecule has 3 rings (SSSR count). The Balaban J connectivity index is 1.69. The van der Waals surface area contributed by atoms with E-state index in [0.29, 0.717) is 11.8 Å². The van der Waals surface area contributed by atoms with Crippen LogP contribution >= 0.6 is 0 Å². The maximum absolute atomic E-state index is 11.3. The Morgan fingerprint density at radius 3 is 2.74 bits per heavy atom. The third-order valence-corrected chi connectivity index (χ3v) is 4.54. The molecule has 6 nitrogen and oxygen atoms in total. The Bertz CT molecular complexity index is 689. The maximum atomic E-state index is 11.3. The third-order valence-electron chi connectivity index (χ3n) is 4.54. The van der Waals surface area contributed by atoms with Gasteiger partial charge in [-0.3, -0.25) is 9.69 Å². The number of nitrogens with zero attached hydrogens (tertiary/aromatic N) is 3. The summed E-state index contributed by atoms with van der Waals surface area (Å²) >= 11 is 0. The van der Waals surface area contributed by atoms with Crippen LogP contribution in [0.5, 0.6) is 0 Å². The van der Waals surface area contributed by atoms with Crippen molar-refractivity contribution in [2.24, 2.45) is 11.7 Å². The fraction of sp³-hybridized carbons (Fsp3) is 0.471. The zero-order valence-electron chi connectivity index (χ0n) is 13.5. The Morgan fingerprint density at radius 2 is 2.09 bits per heavy atom. The molecule has 122 valence electrons. The molecule has 2 heterocycles. The van der Waals surface area contributed by atoms with E-state index in [9.17, 15) is 4.79 Å². The zero-order valence-corrected chi connectivity index (χ0v) is 13.5. The SMILES string of the molecule is Cc1cccc(-c2nnc([C@H](C)N3CCC(C(N)=O)CC3)o2)c1. The van der Waals surface area contributed by atoms with Gasteiger partial charge >= 0.3 is 0 Å². The topological polar surface area (TPSA) is 85.3 Å². The minimum absolute atomic E-state index is 0.0102. The Kier molecular flexibility index (Phi) is 4.43. The lowest BCUT2D eigenvalue weighted by Crippen LogP contribution is -2.39. The molecule has 0 spiro atoms. The number of hydrogen-bond acceptors (Lipinski definition) is 5. The summed E-state index contributed by atoms with van der Waals surface area (Å²) in [5.74, 6) is 0.947. The molecule has 0 unspecified atom stereocenters. The van der Waals surface area contributed by atoms with Gasteiger partial charge in [-0.1, -0.05) is 17.7 Å². The molecule has 2 N–H and O–H groups in total. The number of hydrogen-bond donors (Lipinski definition) is 1. The van der Waals surface area contributed by atoms with Gasteiger partial charge in [0, 0.05) is 11.5 Å². The first kappa shape index (κ1) is 15.7. The number of carbonyl (C=O) groups excluding carboxylic acids is 1. The summed E-state index contributed by atoms with van der Waals surface area (Å²) in [5.41, 5.74) is 7.47. The number of nitrogens with two attached hydrogens (primary N) is 1. The Hall–Kier alpha value is -2.21. The van der Waals surface area contributed by atoms with Gasteiger partial charge in [0.05, 0.1) is 6.04 Å². The van der Waals surface area contributed by atoms with E-state index in [1.54, 1.807) is 0 Å². The summed E-state index contributed by atoms with van der Waals surface area (Å²) in [4.78, 5) is 13.5. The van der Waals surface area contributed by atoms with Crippen LogP contribution in [0.15, 0.2) is 28.7 Å². The molecule has 1 amide bonds. The summed E-state index contributed by atoms with van der Waals surface area (Å²) in [7, 11) is 0. The van der Waals surface area contributed by atoms with E-state index in [1.807, 2.05) is 31.2 Å². The summed E-state index contributed by atoms with van der Waals surface area (Å²) in [5, 5.41) is 8.37. The Labute approximate surface area is 135 Å². The molecular weight excluding hydrogens is 292 g/mol. The lowest BCUT2D eigenvalue weighted by atomic mass is 9.95. The van der Waals surface area contributed by atoms with Crippen molar-refractivity contribution >= 4 is 5.91 Å². The summed E-state index contributed by atoms with van der Waals surface area (Å²) in [6.45, 7) is 5.72. The van der Waals surface area contributed by atoms with Crippen molar-refractivity contribution in [3.8, 4) is 11.5 Å². The molecule has 2 aromatic rings. The van der Waals surface area contributed by atoms with Crippen LogP contribution in [-0.4, -0.2) is 34.1 Å². The largest absolute Gasteiger partial charge is 0.419 e. The fourth-order valence-electron chi connectivity index (χ4n) is 3.03. The van der Waals surface area contributed by atoms with Gasteiger partial charge in [0.1, 0.15) is 0 Å². The molecule has 6 heteroatoms. The molecule has 0 bridgehead atoms. The number of aryl methyl sites for hydroxylation is 1. The first-order valence-corrected chi connectivity index (χ1v) is 7.98. The van der Waals surface area contributed by atoms with E-state index < -0.39 is 0 Å². The summed E-state index contributed by atoms with van der Waals surface area (Å²) < 4.78 is 5.86. The molecule has 1 fully saturated rings. The smallest absolute Gasteiger partial charge is 0.247 e. The second kappa shape index (κ2) is 6.50. The van der Waals surface area contributed by atoms with Gasteiger partial charge in [0.2, 0.25) is 17.7 Å². The molecule has 0 aliphatic carbocycles. The van der Waals surface area contributed by atoms with Crippen molar-refractivity contribution in [2.75, 3.05) is 13.1 Å². The number of piperidine rings is 1. The number of likely N-dealkylation sites (tertiary alicyclic amines) is 1. The van der Waals surface area contributed by atoms with Crippen molar-refractivity contribution in [3.05, 3.63) is 35.7 Å². The monoisotopic (exact) mass is 314 g/mol. The predicted octanol–water partition coefficient (Wildman–Crippen LogP) is 2.30. The third kappa shape index (κ3) is 3.42. The van der Waals surface area contributed by atoms with Crippen molar-refractivity contribution in [1.29, 1.82) is 0 Å². The number of aromatic nitrogens is 2. The van der Waals surface area contributed by atoms with Gasteiger partial charge in [0.15, 0.2) is 0 Å². The van der Waals surface area contributed by atoms with Crippen LogP contribution < -0.4 is 5.73 Å². The lowest BCUT2D eigenvalue weighted by Gasteiger charge is -2.33. The van der Waals surface area contributed by atoms with Crippen LogP contribution in [0.1, 0.15) is 37.3 Å². The van der Waals surface area contributed by atoms with Gasteiger partial charge in [-0.15, -0.1) is 10.2 Å². The number of benzene rings is 1. The van der Waals surface area contributed by atoms with E-state index in [1.165, 1.54) is 0 Å². The van der Waals surface area contributed by atoms with Crippen molar-refractivity contribution < 1.29 is 9.21 Å². The van der Waals surface area contributed by atoms with Gasteiger partial charge in [-0.2, -0.15) is 0 Å². The maximum Gasteiger partial charge on any atom is 0.247 e. The highest BCUT2D eigenvalue weighted by atomic mass is 16.4. The van der Waals surface area contributed by atoms with E-state index in [0.717, 1.165) is 37.1 Å². The van der Waals surface area contributed by atoms with Gasteiger partial charge in [0.25, 0.3) is 0 Å². The average Bonchev–Trinajstić information content (AvgIpc) is 3.04. The van der Waals surface area contributed by atoms with Crippen LogP contribution in [0.25, 0.3) is 11.5 Å². The molecule has 0 saturated carbocycles. The number of carbonyl (C=O) groups is 1.